The number of nitrogens with zero attached hydrogens (tertiary/aromatic N) is 3. The fourth-order valence-corrected chi connectivity index (χ4v) is 9.76. The van der Waals surface area contributed by atoms with Gasteiger partial charge in [-0.25, -0.2) is 0 Å². The highest BCUT2D eigenvalue weighted by atomic mass is 32.1. The second-order valence-electron chi connectivity index (χ2n) is 14.6. The molecule has 0 unspecified atom stereocenters. The summed E-state index contributed by atoms with van der Waals surface area (Å²) in [6.07, 6.45) is 0. The van der Waals surface area contributed by atoms with Gasteiger partial charge in [0.1, 0.15) is 0 Å². The molecule has 0 saturated carbocycles. The SMILES string of the molecule is c1ccc(N(c2ccccc2)c2ccc(-c3ccc(N(c4ccccc4)c4ccc5c(c4)c4c6sc7ccccc7c6ccc4n5-c4ccccc4)cc3)cc2)cc1. The summed E-state index contributed by atoms with van der Waals surface area (Å²) >= 11 is 1.89. The average molecular weight is 760 g/mol. The predicted molar refractivity (Wildman–Crippen MR) is 248 cm³/mol. The first kappa shape index (κ1) is 33.9. The van der Waals surface area contributed by atoms with Crippen LogP contribution in [0.1, 0.15) is 0 Å². The highest BCUT2D eigenvalue weighted by Crippen LogP contribution is 2.46. The molecule has 11 rings (SSSR count). The van der Waals surface area contributed by atoms with Crippen molar-refractivity contribution in [2.45, 2.75) is 0 Å². The highest BCUT2D eigenvalue weighted by Gasteiger charge is 2.21. The molecule has 9 aromatic carbocycles. The molecule has 2 aromatic heterocycles. The van der Waals surface area contributed by atoms with Crippen LogP contribution in [0.2, 0.25) is 0 Å². The van der Waals surface area contributed by atoms with E-state index in [1.807, 2.05) is 11.3 Å². The standard InChI is InChI=1S/C54H37N3S/c1-5-15-40(16-6-1)55(41-17-7-2-8-18-41)44-29-25-38(26-30-44)39-27-31-45(32-28-39)56(42-19-9-3-10-20-42)46-33-35-50-49(37-46)53-51(57(50)43-21-11-4-12-22-43)36-34-48-47-23-13-14-24-52(47)58-54(48)53/h1-37H. The summed E-state index contributed by atoms with van der Waals surface area (Å²) in [6.45, 7) is 0. The molecule has 0 aliphatic rings. The van der Waals surface area contributed by atoms with Gasteiger partial charge in [0.25, 0.3) is 0 Å². The predicted octanol–water partition coefficient (Wildman–Crippen LogP) is 15.8. The number of hydrogen-bond acceptors (Lipinski definition) is 3. The van der Waals surface area contributed by atoms with E-state index in [2.05, 4.69) is 239 Å². The van der Waals surface area contributed by atoms with Crippen molar-refractivity contribution in [2.75, 3.05) is 9.80 Å². The summed E-state index contributed by atoms with van der Waals surface area (Å²) in [6, 6.07) is 80.8. The minimum absolute atomic E-state index is 1.10. The first-order valence-corrected chi connectivity index (χ1v) is 20.5. The van der Waals surface area contributed by atoms with E-state index in [-0.39, 0.29) is 0 Å². The van der Waals surface area contributed by atoms with Crippen LogP contribution in [0.4, 0.5) is 34.1 Å². The Balaban J connectivity index is 1.02. The van der Waals surface area contributed by atoms with E-state index in [0.29, 0.717) is 0 Å². The van der Waals surface area contributed by atoms with Crippen LogP contribution in [0.5, 0.6) is 0 Å². The summed E-state index contributed by atoms with van der Waals surface area (Å²) in [5.41, 5.74) is 12.6. The summed E-state index contributed by atoms with van der Waals surface area (Å²) in [5, 5.41) is 5.16. The fraction of sp³-hybridized carbons (Fsp3) is 0. The van der Waals surface area contributed by atoms with Gasteiger partial charge in [-0.15, -0.1) is 11.3 Å². The maximum absolute atomic E-state index is 2.42. The van der Waals surface area contributed by atoms with E-state index >= 15 is 0 Å². The molecule has 3 nitrogen and oxygen atoms in total. The molecule has 0 fully saturated rings. The Labute approximate surface area is 341 Å². The molecule has 0 aliphatic carbocycles. The second kappa shape index (κ2) is 14.3. The minimum Gasteiger partial charge on any atom is -0.311 e. The quantitative estimate of drug-likeness (QED) is 0.153. The Kier molecular flexibility index (Phi) is 8.34. The van der Waals surface area contributed by atoms with E-state index in [4.69, 9.17) is 0 Å². The lowest BCUT2D eigenvalue weighted by Gasteiger charge is -2.26. The normalized spacial score (nSPS) is 11.4. The van der Waals surface area contributed by atoms with Crippen LogP contribution in [-0.4, -0.2) is 4.57 Å². The molecule has 4 heteroatoms. The van der Waals surface area contributed by atoms with Gasteiger partial charge in [-0.2, -0.15) is 0 Å². The van der Waals surface area contributed by atoms with Gasteiger partial charge in [0, 0.05) is 70.8 Å². The number of thiophene rings is 1. The van der Waals surface area contributed by atoms with Gasteiger partial charge in [-0.1, -0.05) is 121 Å². The van der Waals surface area contributed by atoms with Gasteiger partial charge in [0.05, 0.1) is 11.0 Å². The number of fused-ring (bicyclic) bond motifs is 7. The van der Waals surface area contributed by atoms with E-state index in [9.17, 15) is 0 Å². The molecule has 0 aliphatic heterocycles. The van der Waals surface area contributed by atoms with Gasteiger partial charge in [-0.3, -0.25) is 0 Å². The highest BCUT2D eigenvalue weighted by molar-refractivity contribution is 7.26. The van der Waals surface area contributed by atoms with Crippen molar-refractivity contribution >= 4 is 87.4 Å². The minimum atomic E-state index is 1.10. The summed E-state index contributed by atoms with van der Waals surface area (Å²) in [7, 11) is 0. The maximum Gasteiger partial charge on any atom is 0.0555 e. The zero-order chi connectivity index (χ0) is 38.4. The molecule has 0 amide bonds. The Bertz CT molecular complexity index is 3150. The zero-order valence-corrected chi connectivity index (χ0v) is 32.4. The van der Waals surface area contributed by atoms with Crippen molar-refractivity contribution in [3.63, 3.8) is 0 Å². The van der Waals surface area contributed by atoms with Crippen LogP contribution in [0, 0.1) is 0 Å². The van der Waals surface area contributed by atoms with Gasteiger partial charge in [0.15, 0.2) is 0 Å². The Morgan fingerprint density at radius 1 is 0.328 bits per heavy atom. The summed E-state index contributed by atoms with van der Waals surface area (Å²) in [4.78, 5) is 4.67. The van der Waals surface area contributed by atoms with Gasteiger partial charge in [0.2, 0.25) is 0 Å². The molecular formula is C54H37N3S. The molecule has 11 aromatic rings. The van der Waals surface area contributed by atoms with Crippen molar-refractivity contribution in [3.05, 3.63) is 224 Å². The van der Waals surface area contributed by atoms with Gasteiger partial charge < -0.3 is 14.4 Å². The number of rotatable bonds is 8. The molecule has 0 bridgehead atoms. The average Bonchev–Trinajstić information content (AvgIpc) is 3.84. The Morgan fingerprint density at radius 3 is 1.34 bits per heavy atom. The van der Waals surface area contributed by atoms with Crippen LogP contribution < -0.4 is 9.80 Å². The summed E-state index contributed by atoms with van der Waals surface area (Å²) < 4.78 is 5.06. The maximum atomic E-state index is 2.42. The molecule has 58 heavy (non-hydrogen) atoms. The first-order chi connectivity index (χ1) is 28.8. The third-order valence-corrected chi connectivity index (χ3v) is 12.4. The van der Waals surface area contributed by atoms with Crippen molar-refractivity contribution in [1.29, 1.82) is 0 Å². The fourth-order valence-electron chi connectivity index (χ4n) is 8.50. The number of anilines is 6. The lowest BCUT2D eigenvalue weighted by atomic mass is 10.0. The monoisotopic (exact) mass is 759 g/mol. The van der Waals surface area contributed by atoms with E-state index < -0.39 is 0 Å². The molecule has 0 radical (unpaired) electrons. The smallest absolute Gasteiger partial charge is 0.0555 e. The molecule has 0 saturated heterocycles. The number of aromatic nitrogens is 1. The van der Waals surface area contributed by atoms with Crippen molar-refractivity contribution in [2.24, 2.45) is 0 Å². The van der Waals surface area contributed by atoms with Crippen LogP contribution in [0.15, 0.2) is 224 Å². The number of hydrogen-bond donors (Lipinski definition) is 0. The van der Waals surface area contributed by atoms with Crippen LogP contribution in [-0.2, 0) is 0 Å². The molecule has 0 N–H and O–H groups in total. The Morgan fingerprint density at radius 2 is 0.776 bits per heavy atom. The second-order valence-corrected chi connectivity index (χ2v) is 15.6. The van der Waals surface area contributed by atoms with E-state index in [0.717, 1.165) is 39.8 Å². The lowest BCUT2D eigenvalue weighted by molar-refractivity contribution is 1.18. The molecule has 0 atom stereocenters. The van der Waals surface area contributed by atoms with Crippen LogP contribution in [0.3, 0.4) is 0 Å². The zero-order valence-electron chi connectivity index (χ0n) is 31.6. The van der Waals surface area contributed by atoms with Gasteiger partial charge in [-0.05, 0) is 114 Å². The van der Waals surface area contributed by atoms with Crippen molar-refractivity contribution < 1.29 is 0 Å². The first-order valence-electron chi connectivity index (χ1n) is 19.7. The van der Waals surface area contributed by atoms with Crippen LogP contribution >= 0.6 is 11.3 Å². The Hall–Kier alpha value is -7.40. The topological polar surface area (TPSA) is 11.4 Å². The molecule has 0 spiro atoms. The largest absolute Gasteiger partial charge is 0.311 e. The van der Waals surface area contributed by atoms with E-state index in [1.165, 1.54) is 53.1 Å². The number of para-hydroxylation sites is 4. The number of benzene rings is 9. The van der Waals surface area contributed by atoms with Crippen LogP contribution in [0.25, 0.3) is 58.8 Å². The van der Waals surface area contributed by atoms with E-state index in [1.54, 1.807) is 0 Å². The van der Waals surface area contributed by atoms with Crippen molar-refractivity contribution in [1.82, 2.24) is 4.57 Å². The third-order valence-electron chi connectivity index (χ3n) is 11.2. The molecular weight excluding hydrogens is 723 g/mol. The summed E-state index contributed by atoms with van der Waals surface area (Å²) in [5.74, 6) is 0. The lowest BCUT2D eigenvalue weighted by Crippen LogP contribution is -2.10. The third kappa shape index (κ3) is 5.82. The van der Waals surface area contributed by atoms with Crippen molar-refractivity contribution in [3.8, 4) is 16.8 Å². The van der Waals surface area contributed by atoms with Gasteiger partial charge >= 0.3 is 0 Å². The molecule has 274 valence electrons. The molecule has 2 heterocycles.